The first-order valence-corrected chi connectivity index (χ1v) is 8.03. The van der Waals surface area contributed by atoms with Gasteiger partial charge < -0.3 is 15.3 Å². The van der Waals surface area contributed by atoms with Gasteiger partial charge in [-0.05, 0) is 24.4 Å². The largest absolute Gasteiger partial charge is 0.479 e. The summed E-state index contributed by atoms with van der Waals surface area (Å²) in [5, 5.41) is 13.7. The van der Waals surface area contributed by atoms with E-state index in [0.717, 1.165) is 26.1 Å². The number of rotatable bonds is 5. The van der Waals surface area contributed by atoms with Crippen molar-refractivity contribution < 1.29 is 14.7 Å². The second-order valence-electron chi connectivity index (χ2n) is 5.06. The molecular weight excluding hydrogens is 290 g/mol. The third-order valence-electron chi connectivity index (χ3n) is 3.54. The van der Waals surface area contributed by atoms with Crippen LogP contribution in [-0.2, 0) is 4.79 Å². The predicted octanol–water partition coefficient (Wildman–Crippen LogP) is 1.61. The summed E-state index contributed by atoms with van der Waals surface area (Å²) in [4.78, 5) is 28.2. The third kappa shape index (κ3) is 4.18. The van der Waals surface area contributed by atoms with E-state index in [4.69, 9.17) is 0 Å². The fourth-order valence-electron chi connectivity index (χ4n) is 2.42. The molecular formula is C14H21N3O3S. The van der Waals surface area contributed by atoms with Crippen LogP contribution in [0.4, 0.5) is 4.79 Å². The van der Waals surface area contributed by atoms with Crippen molar-refractivity contribution in [2.45, 2.75) is 19.4 Å². The number of urea groups is 1. The van der Waals surface area contributed by atoms with E-state index in [2.05, 4.69) is 17.1 Å². The molecule has 1 atom stereocenters. The molecule has 1 aliphatic rings. The topological polar surface area (TPSA) is 72.9 Å². The highest BCUT2D eigenvalue weighted by molar-refractivity contribution is 7.10. The molecule has 7 heteroatoms. The lowest BCUT2D eigenvalue weighted by Gasteiger charge is -2.35. The molecule has 1 aliphatic heterocycles. The van der Waals surface area contributed by atoms with E-state index in [-0.39, 0.29) is 6.03 Å². The molecule has 1 saturated heterocycles. The number of amides is 2. The summed E-state index contributed by atoms with van der Waals surface area (Å²) in [6, 6.07) is 2.24. The first kappa shape index (κ1) is 15.8. The van der Waals surface area contributed by atoms with Gasteiger partial charge in [0.1, 0.15) is 0 Å². The number of hydrogen-bond donors (Lipinski definition) is 2. The summed E-state index contributed by atoms with van der Waals surface area (Å²) in [5.74, 6) is -1.03. The number of nitrogens with one attached hydrogen (secondary N) is 1. The Kier molecular flexibility index (Phi) is 5.58. The molecule has 2 N–H and O–H groups in total. The molecule has 0 spiro atoms. The number of thiophene rings is 1. The quantitative estimate of drug-likeness (QED) is 0.866. The lowest BCUT2D eigenvalue weighted by molar-refractivity contribution is -0.139. The van der Waals surface area contributed by atoms with Gasteiger partial charge in [-0.15, -0.1) is 11.3 Å². The molecule has 0 saturated carbocycles. The van der Waals surface area contributed by atoms with Gasteiger partial charge in [-0.3, -0.25) is 4.90 Å². The van der Waals surface area contributed by atoms with Crippen molar-refractivity contribution in [1.82, 2.24) is 15.1 Å². The molecule has 1 fully saturated rings. The number of piperazine rings is 1. The lowest BCUT2D eigenvalue weighted by atomic mass is 10.2. The van der Waals surface area contributed by atoms with E-state index in [1.165, 1.54) is 11.3 Å². The summed E-state index contributed by atoms with van der Waals surface area (Å²) in [5.41, 5.74) is 0. The molecule has 1 unspecified atom stereocenters. The average molecular weight is 311 g/mol. The van der Waals surface area contributed by atoms with E-state index in [0.29, 0.717) is 18.0 Å². The van der Waals surface area contributed by atoms with Gasteiger partial charge in [0.2, 0.25) is 0 Å². The third-order valence-corrected chi connectivity index (χ3v) is 4.48. The molecule has 2 amide bonds. The first-order chi connectivity index (χ1) is 10.1. The molecule has 0 aromatic carbocycles. The lowest BCUT2D eigenvalue weighted by Crippen LogP contribution is -2.52. The molecule has 116 valence electrons. The highest BCUT2D eigenvalue weighted by atomic mass is 32.1. The molecule has 0 radical (unpaired) electrons. The van der Waals surface area contributed by atoms with Crippen LogP contribution >= 0.6 is 11.3 Å². The normalized spacial score (nSPS) is 17.5. The Balaban J connectivity index is 1.90. The van der Waals surface area contributed by atoms with Gasteiger partial charge in [0.25, 0.3) is 0 Å². The summed E-state index contributed by atoms with van der Waals surface area (Å²) in [6.45, 7) is 6.15. The summed E-state index contributed by atoms with van der Waals surface area (Å²) in [6.07, 6.45) is 1.10. The number of aliphatic carboxylic acids is 1. The molecule has 1 aromatic heterocycles. The molecule has 2 heterocycles. The van der Waals surface area contributed by atoms with Crippen LogP contribution in [0.1, 0.15) is 24.3 Å². The zero-order chi connectivity index (χ0) is 15.2. The number of carbonyl (C=O) groups excluding carboxylic acids is 1. The van der Waals surface area contributed by atoms with Crippen molar-refractivity contribution in [3.63, 3.8) is 0 Å². The van der Waals surface area contributed by atoms with Gasteiger partial charge in [-0.2, -0.15) is 0 Å². The second kappa shape index (κ2) is 7.42. The number of nitrogens with zero attached hydrogens (tertiary/aromatic N) is 2. The van der Waals surface area contributed by atoms with Crippen LogP contribution in [0.25, 0.3) is 0 Å². The highest BCUT2D eigenvalue weighted by Crippen LogP contribution is 2.19. The van der Waals surface area contributed by atoms with Gasteiger partial charge in [-0.25, -0.2) is 9.59 Å². The van der Waals surface area contributed by atoms with E-state index in [1.807, 2.05) is 0 Å². The Labute approximate surface area is 128 Å². The van der Waals surface area contributed by atoms with Crippen LogP contribution in [0, 0.1) is 0 Å². The number of carboxylic acids is 1. The zero-order valence-electron chi connectivity index (χ0n) is 12.1. The minimum absolute atomic E-state index is 0.299. The Bertz CT molecular complexity index is 470. The van der Waals surface area contributed by atoms with Gasteiger partial charge >= 0.3 is 12.0 Å². The van der Waals surface area contributed by atoms with Crippen molar-refractivity contribution in [2.24, 2.45) is 0 Å². The Morgan fingerprint density at radius 1 is 1.38 bits per heavy atom. The van der Waals surface area contributed by atoms with Crippen molar-refractivity contribution in [3.05, 3.63) is 22.4 Å². The predicted molar refractivity (Wildman–Crippen MR) is 81.5 cm³/mol. The summed E-state index contributed by atoms with van der Waals surface area (Å²) < 4.78 is 0. The molecule has 0 bridgehead atoms. The minimum Gasteiger partial charge on any atom is -0.479 e. The zero-order valence-corrected chi connectivity index (χ0v) is 12.9. The number of hydrogen-bond acceptors (Lipinski definition) is 4. The van der Waals surface area contributed by atoms with Gasteiger partial charge in [0.15, 0.2) is 6.04 Å². The maximum atomic E-state index is 12.2. The Morgan fingerprint density at radius 3 is 2.62 bits per heavy atom. The maximum absolute atomic E-state index is 12.2. The fraction of sp³-hybridized carbons (Fsp3) is 0.571. The van der Waals surface area contributed by atoms with Crippen molar-refractivity contribution in [1.29, 1.82) is 0 Å². The molecule has 6 nitrogen and oxygen atoms in total. The highest BCUT2D eigenvalue weighted by Gasteiger charge is 2.27. The second-order valence-corrected chi connectivity index (χ2v) is 6.04. The standard InChI is InChI=1S/C14H21N3O3S/c1-2-5-16-6-8-17(9-7-16)14(20)15-12(13(18)19)11-4-3-10-21-11/h3-4,10,12H,2,5-9H2,1H3,(H,15,20)(H,18,19). The Morgan fingerprint density at radius 2 is 2.10 bits per heavy atom. The van der Waals surface area contributed by atoms with Gasteiger partial charge in [0.05, 0.1) is 0 Å². The smallest absolute Gasteiger partial charge is 0.331 e. The van der Waals surface area contributed by atoms with Crippen LogP contribution in [0.3, 0.4) is 0 Å². The SMILES string of the molecule is CCCN1CCN(C(=O)NC(C(=O)O)c2cccs2)CC1. The van der Waals surface area contributed by atoms with E-state index >= 15 is 0 Å². The Hall–Kier alpha value is -1.60. The van der Waals surface area contributed by atoms with Crippen molar-refractivity contribution in [2.75, 3.05) is 32.7 Å². The van der Waals surface area contributed by atoms with Crippen molar-refractivity contribution in [3.8, 4) is 0 Å². The van der Waals surface area contributed by atoms with E-state index in [1.54, 1.807) is 22.4 Å². The number of carboxylic acid groups (broad SMARTS) is 1. The summed E-state index contributed by atoms with van der Waals surface area (Å²) in [7, 11) is 0. The minimum atomic E-state index is -1.03. The van der Waals surface area contributed by atoms with E-state index in [9.17, 15) is 14.7 Å². The summed E-state index contributed by atoms with van der Waals surface area (Å²) >= 11 is 1.33. The fourth-order valence-corrected chi connectivity index (χ4v) is 3.18. The van der Waals surface area contributed by atoms with Crippen LogP contribution < -0.4 is 5.32 Å². The monoisotopic (exact) mass is 311 g/mol. The first-order valence-electron chi connectivity index (χ1n) is 7.15. The van der Waals surface area contributed by atoms with Gasteiger partial charge in [-0.1, -0.05) is 13.0 Å². The van der Waals surface area contributed by atoms with Gasteiger partial charge in [0, 0.05) is 31.1 Å². The molecule has 1 aromatic rings. The van der Waals surface area contributed by atoms with Crippen LogP contribution in [0.5, 0.6) is 0 Å². The van der Waals surface area contributed by atoms with Crippen LogP contribution in [-0.4, -0.2) is 59.6 Å². The van der Waals surface area contributed by atoms with Crippen molar-refractivity contribution >= 4 is 23.3 Å². The maximum Gasteiger partial charge on any atom is 0.331 e. The van der Waals surface area contributed by atoms with Crippen LogP contribution in [0.15, 0.2) is 17.5 Å². The van der Waals surface area contributed by atoms with E-state index < -0.39 is 12.0 Å². The van der Waals surface area contributed by atoms with Crippen LogP contribution in [0.2, 0.25) is 0 Å². The number of carbonyl (C=O) groups is 2. The molecule has 0 aliphatic carbocycles. The average Bonchev–Trinajstić information content (AvgIpc) is 2.99. The molecule has 2 rings (SSSR count). The molecule has 21 heavy (non-hydrogen) atoms.